The van der Waals surface area contributed by atoms with Crippen LogP contribution < -0.4 is 10.5 Å². The monoisotopic (exact) mass is 241 g/mol. The molecule has 3 heteroatoms. The van der Waals surface area contributed by atoms with Crippen molar-refractivity contribution in [1.82, 2.24) is 0 Å². The highest BCUT2D eigenvalue weighted by molar-refractivity contribution is 9.10. The minimum atomic E-state index is 0.554. The molecule has 0 amide bonds. The van der Waals surface area contributed by atoms with Crippen LogP contribution >= 0.6 is 15.9 Å². The van der Waals surface area contributed by atoms with Gasteiger partial charge in [-0.15, -0.1) is 0 Å². The van der Waals surface area contributed by atoms with Crippen LogP contribution in [0.1, 0.15) is 5.56 Å². The maximum absolute atomic E-state index is 5.35. The maximum Gasteiger partial charge on any atom is 0.133 e. The summed E-state index contributed by atoms with van der Waals surface area (Å²) in [5.41, 5.74) is 6.44. The van der Waals surface area contributed by atoms with E-state index in [9.17, 15) is 0 Å². The molecule has 0 spiro atoms. The largest absolute Gasteiger partial charge is 0.496 e. The van der Waals surface area contributed by atoms with E-state index in [0.29, 0.717) is 6.54 Å². The summed E-state index contributed by atoms with van der Waals surface area (Å²) in [4.78, 5) is 0. The molecule has 0 aliphatic heterocycles. The molecule has 0 bridgehead atoms. The van der Waals surface area contributed by atoms with E-state index in [1.54, 1.807) is 7.11 Å². The predicted octanol–water partition coefficient (Wildman–Crippen LogP) is 2.43. The van der Waals surface area contributed by atoms with Gasteiger partial charge in [0, 0.05) is 6.54 Å². The number of halogens is 1. The Morgan fingerprint density at radius 2 is 2.31 bits per heavy atom. The first kappa shape index (κ1) is 10.3. The summed E-state index contributed by atoms with van der Waals surface area (Å²) in [7, 11) is 1.65. The minimum Gasteiger partial charge on any atom is -0.496 e. The van der Waals surface area contributed by atoms with Gasteiger partial charge in [0.15, 0.2) is 0 Å². The van der Waals surface area contributed by atoms with Crippen LogP contribution in [0.4, 0.5) is 0 Å². The van der Waals surface area contributed by atoms with Gasteiger partial charge in [-0.25, -0.2) is 0 Å². The van der Waals surface area contributed by atoms with Gasteiger partial charge in [0.25, 0.3) is 0 Å². The molecule has 2 N–H and O–H groups in total. The second kappa shape index (κ2) is 5.04. The summed E-state index contributed by atoms with van der Waals surface area (Å²) in [6, 6.07) is 5.91. The molecule has 0 heterocycles. The highest BCUT2D eigenvalue weighted by atomic mass is 79.9. The first-order chi connectivity index (χ1) is 6.27. The lowest BCUT2D eigenvalue weighted by Gasteiger charge is -2.03. The van der Waals surface area contributed by atoms with Crippen LogP contribution in [0, 0.1) is 0 Å². The molecule has 0 aliphatic rings. The third-order valence-electron chi connectivity index (χ3n) is 1.62. The first-order valence-electron chi connectivity index (χ1n) is 3.98. The highest BCUT2D eigenvalue weighted by Gasteiger charge is 1.98. The molecule has 0 aliphatic carbocycles. The van der Waals surface area contributed by atoms with Gasteiger partial charge in [-0.05, 0) is 33.6 Å². The Balaban J connectivity index is 2.92. The number of nitrogens with two attached hydrogens (primary N) is 1. The summed E-state index contributed by atoms with van der Waals surface area (Å²) in [5, 5.41) is 0. The number of methoxy groups -OCH3 is 1. The van der Waals surface area contributed by atoms with E-state index in [1.165, 1.54) is 0 Å². The molecule has 0 aromatic heterocycles. The van der Waals surface area contributed by atoms with Gasteiger partial charge >= 0.3 is 0 Å². The highest BCUT2D eigenvalue weighted by Crippen LogP contribution is 2.25. The third-order valence-corrected chi connectivity index (χ3v) is 2.28. The molecule has 1 rings (SSSR count). The van der Waals surface area contributed by atoms with Crippen molar-refractivity contribution in [2.24, 2.45) is 5.73 Å². The molecule has 0 fully saturated rings. The zero-order chi connectivity index (χ0) is 9.68. The Bertz CT molecular complexity index is 310. The molecule has 2 nitrogen and oxygen atoms in total. The van der Waals surface area contributed by atoms with E-state index in [-0.39, 0.29) is 0 Å². The minimum absolute atomic E-state index is 0.554. The molecule has 1 aromatic rings. The number of hydrogen-bond donors (Lipinski definition) is 1. The van der Waals surface area contributed by atoms with Crippen LogP contribution in [0.15, 0.2) is 28.7 Å². The molecular formula is C10H12BrNO. The van der Waals surface area contributed by atoms with Crippen LogP contribution in [0.3, 0.4) is 0 Å². The zero-order valence-electron chi connectivity index (χ0n) is 7.46. The average molecular weight is 242 g/mol. The molecule has 0 radical (unpaired) electrons. The SMILES string of the molecule is COc1cc(C=CCN)ccc1Br. The summed E-state index contributed by atoms with van der Waals surface area (Å²) in [6.45, 7) is 0.554. The second-order valence-corrected chi connectivity index (χ2v) is 3.39. The number of hydrogen-bond acceptors (Lipinski definition) is 2. The van der Waals surface area contributed by atoms with E-state index in [0.717, 1.165) is 15.8 Å². The van der Waals surface area contributed by atoms with Crippen molar-refractivity contribution in [3.63, 3.8) is 0 Å². The first-order valence-corrected chi connectivity index (χ1v) is 4.77. The van der Waals surface area contributed by atoms with Crippen LogP contribution in [0.5, 0.6) is 5.75 Å². The molecule has 13 heavy (non-hydrogen) atoms. The van der Waals surface area contributed by atoms with E-state index >= 15 is 0 Å². The van der Waals surface area contributed by atoms with E-state index in [4.69, 9.17) is 10.5 Å². The Labute approximate surface area is 86.5 Å². The van der Waals surface area contributed by atoms with Crippen molar-refractivity contribution in [2.45, 2.75) is 0 Å². The normalized spacial score (nSPS) is 10.7. The van der Waals surface area contributed by atoms with Crippen molar-refractivity contribution in [1.29, 1.82) is 0 Å². The smallest absolute Gasteiger partial charge is 0.133 e. The predicted molar refractivity (Wildman–Crippen MR) is 58.8 cm³/mol. The van der Waals surface area contributed by atoms with Crippen LogP contribution in [0.25, 0.3) is 6.08 Å². The fraction of sp³-hybridized carbons (Fsp3) is 0.200. The van der Waals surface area contributed by atoms with Crippen molar-refractivity contribution < 1.29 is 4.74 Å². The molecule has 0 saturated heterocycles. The molecule has 0 atom stereocenters. The van der Waals surface area contributed by atoms with Gasteiger partial charge in [-0.2, -0.15) is 0 Å². The summed E-state index contributed by atoms with van der Waals surface area (Å²) in [5.74, 6) is 0.833. The lowest BCUT2D eigenvalue weighted by molar-refractivity contribution is 0.412. The number of ether oxygens (including phenoxy) is 1. The lowest BCUT2D eigenvalue weighted by atomic mass is 10.2. The van der Waals surface area contributed by atoms with Gasteiger partial charge in [-0.3, -0.25) is 0 Å². The summed E-state index contributed by atoms with van der Waals surface area (Å²) in [6.07, 6.45) is 3.87. The Hall–Kier alpha value is -0.800. The molecular weight excluding hydrogens is 230 g/mol. The van der Waals surface area contributed by atoms with Gasteiger partial charge < -0.3 is 10.5 Å². The van der Waals surface area contributed by atoms with Crippen LogP contribution in [0.2, 0.25) is 0 Å². The Morgan fingerprint density at radius 1 is 1.54 bits per heavy atom. The van der Waals surface area contributed by atoms with Crippen molar-refractivity contribution in [2.75, 3.05) is 13.7 Å². The van der Waals surface area contributed by atoms with E-state index in [2.05, 4.69) is 15.9 Å². The molecule has 1 aromatic carbocycles. The maximum atomic E-state index is 5.35. The van der Waals surface area contributed by atoms with Gasteiger partial charge in [0.1, 0.15) is 5.75 Å². The Morgan fingerprint density at radius 3 is 2.92 bits per heavy atom. The second-order valence-electron chi connectivity index (χ2n) is 2.53. The number of benzene rings is 1. The molecule has 0 saturated carbocycles. The van der Waals surface area contributed by atoms with Gasteiger partial charge in [0.05, 0.1) is 11.6 Å². The summed E-state index contributed by atoms with van der Waals surface area (Å²) >= 11 is 3.38. The Kier molecular flexibility index (Phi) is 3.99. The zero-order valence-corrected chi connectivity index (χ0v) is 9.04. The molecule has 0 unspecified atom stereocenters. The van der Waals surface area contributed by atoms with Crippen LogP contribution in [-0.4, -0.2) is 13.7 Å². The van der Waals surface area contributed by atoms with Crippen LogP contribution in [-0.2, 0) is 0 Å². The molecule has 70 valence electrons. The van der Waals surface area contributed by atoms with E-state index in [1.807, 2.05) is 30.4 Å². The lowest BCUT2D eigenvalue weighted by Crippen LogP contribution is -1.92. The quantitative estimate of drug-likeness (QED) is 0.883. The summed E-state index contributed by atoms with van der Waals surface area (Å²) < 4.78 is 6.11. The third kappa shape index (κ3) is 2.86. The van der Waals surface area contributed by atoms with Gasteiger partial charge in [-0.1, -0.05) is 18.2 Å². The number of rotatable bonds is 3. The van der Waals surface area contributed by atoms with Crippen molar-refractivity contribution in [3.8, 4) is 5.75 Å². The average Bonchev–Trinajstić information content (AvgIpc) is 2.16. The van der Waals surface area contributed by atoms with Gasteiger partial charge in [0.2, 0.25) is 0 Å². The standard InChI is InChI=1S/C10H12BrNO/c1-13-10-7-8(3-2-6-12)4-5-9(10)11/h2-5,7H,6,12H2,1H3. The topological polar surface area (TPSA) is 35.2 Å². The van der Waals surface area contributed by atoms with E-state index < -0.39 is 0 Å². The fourth-order valence-corrected chi connectivity index (χ4v) is 1.39. The van der Waals surface area contributed by atoms with Crippen molar-refractivity contribution in [3.05, 3.63) is 34.3 Å². The fourth-order valence-electron chi connectivity index (χ4n) is 0.984. The van der Waals surface area contributed by atoms with Crippen molar-refractivity contribution >= 4 is 22.0 Å².